The van der Waals surface area contributed by atoms with E-state index in [1.165, 1.54) is 0 Å². The second-order valence-corrected chi connectivity index (χ2v) is 4.26. The highest BCUT2D eigenvalue weighted by Crippen LogP contribution is 2.35. The van der Waals surface area contributed by atoms with E-state index >= 15 is 0 Å². The van der Waals surface area contributed by atoms with E-state index in [1.807, 2.05) is 0 Å². The van der Waals surface area contributed by atoms with Crippen molar-refractivity contribution < 1.29 is 22.1 Å². The largest absolute Gasteiger partial charge is 0.419 e. The number of nitrogens with zero attached hydrogens (tertiary/aromatic N) is 2. The molecule has 0 aliphatic carbocycles. The minimum Gasteiger partial charge on any atom is -0.334 e. The zero-order chi connectivity index (χ0) is 14.9. The monoisotopic (exact) mass is 289 g/mol. The zero-order valence-corrected chi connectivity index (χ0v) is 10.4. The van der Waals surface area contributed by atoms with Gasteiger partial charge in [-0.05, 0) is 12.1 Å². The Labute approximate surface area is 111 Å². The molecule has 4 nitrogen and oxygen atoms in total. The van der Waals surface area contributed by atoms with Crippen LogP contribution in [-0.4, -0.2) is 16.7 Å². The molecule has 2 N–H and O–H groups in total. The molecule has 1 aromatic carbocycles. The minimum absolute atomic E-state index is 0.222. The molecule has 0 fully saturated rings. The second-order valence-electron chi connectivity index (χ2n) is 4.26. The average molecular weight is 289 g/mol. The Morgan fingerprint density at radius 3 is 2.65 bits per heavy atom. The number of halogens is 4. The van der Waals surface area contributed by atoms with Crippen LogP contribution >= 0.6 is 0 Å². The third-order valence-electron chi connectivity index (χ3n) is 2.77. The molecule has 2 rings (SSSR count). The maximum Gasteiger partial charge on any atom is 0.419 e. The third-order valence-corrected chi connectivity index (χ3v) is 2.77. The first-order valence-corrected chi connectivity index (χ1v) is 5.74. The van der Waals surface area contributed by atoms with Crippen LogP contribution in [0.5, 0.6) is 0 Å². The first kappa shape index (κ1) is 14.4. The smallest absolute Gasteiger partial charge is 0.334 e. The summed E-state index contributed by atoms with van der Waals surface area (Å²) < 4.78 is 56.5. The summed E-state index contributed by atoms with van der Waals surface area (Å²) in [6.07, 6.45) is -4.78. The fourth-order valence-electron chi connectivity index (χ4n) is 1.57. The van der Waals surface area contributed by atoms with Crippen LogP contribution in [0.15, 0.2) is 22.7 Å². The molecule has 1 aromatic heterocycles. The standard InChI is InChI=1S/C12H11F4N3O/c1-6(5-17)10-18-11(20-19-10)7-3-2-4-8(9(7)13)12(14,15)16/h2-4,6H,5,17H2,1H3. The van der Waals surface area contributed by atoms with Crippen LogP contribution in [0.1, 0.15) is 24.2 Å². The van der Waals surface area contributed by atoms with Crippen molar-refractivity contribution in [1.82, 2.24) is 10.1 Å². The lowest BCUT2D eigenvalue weighted by Crippen LogP contribution is -2.10. The van der Waals surface area contributed by atoms with Gasteiger partial charge in [0.2, 0.25) is 0 Å². The molecule has 0 saturated carbocycles. The number of aromatic nitrogens is 2. The van der Waals surface area contributed by atoms with Crippen LogP contribution in [0.25, 0.3) is 11.5 Å². The van der Waals surface area contributed by atoms with Gasteiger partial charge >= 0.3 is 6.18 Å². The molecular formula is C12H11F4N3O. The van der Waals surface area contributed by atoms with E-state index in [1.54, 1.807) is 6.92 Å². The summed E-state index contributed by atoms with van der Waals surface area (Å²) >= 11 is 0. The summed E-state index contributed by atoms with van der Waals surface area (Å²) in [5.74, 6) is -1.75. The molecular weight excluding hydrogens is 278 g/mol. The number of benzene rings is 1. The number of alkyl halides is 3. The van der Waals surface area contributed by atoms with Gasteiger partial charge in [0.05, 0.1) is 11.1 Å². The van der Waals surface area contributed by atoms with E-state index in [0.717, 1.165) is 12.1 Å². The first-order valence-electron chi connectivity index (χ1n) is 5.74. The SMILES string of the molecule is CC(CN)c1noc(-c2cccc(C(F)(F)F)c2F)n1. The molecule has 0 aliphatic rings. The van der Waals surface area contributed by atoms with Crippen molar-refractivity contribution in [2.24, 2.45) is 5.73 Å². The van der Waals surface area contributed by atoms with E-state index in [-0.39, 0.29) is 29.7 Å². The summed E-state index contributed by atoms with van der Waals surface area (Å²) in [5.41, 5.74) is 3.66. The van der Waals surface area contributed by atoms with Gasteiger partial charge in [-0.1, -0.05) is 18.1 Å². The van der Waals surface area contributed by atoms with Gasteiger partial charge in [-0.3, -0.25) is 0 Å². The van der Waals surface area contributed by atoms with Gasteiger partial charge in [0, 0.05) is 12.5 Å². The molecule has 1 atom stereocenters. The molecule has 0 spiro atoms. The Morgan fingerprint density at radius 2 is 2.05 bits per heavy atom. The van der Waals surface area contributed by atoms with Crippen molar-refractivity contribution in [2.45, 2.75) is 19.0 Å². The van der Waals surface area contributed by atoms with Gasteiger partial charge in [-0.25, -0.2) is 4.39 Å². The minimum atomic E-state index is -4.78. The van der Waals surface area contributed by atoms with Gasteiger partial charge in [-0.2, -0.15) is 18.2 Å². The lowest BCUT2D eigenvalue weighted by molar-refractivity contribution is -0.139. The highest BCUT2D eigenvalue weighted by molar-refractivity contribution is 5.56. The van der Waals surface area contributed by atoms with Crippen molar-refractivity contribution in [3.8, 4) is 11.5 Å². The first-order chi connectivity index (χ1) is 9.34. The average Bonchev–Trinajstić information content (AvgIpc) is 2.86. The van der Waals surface area contributed by atoms with E-state index in [0.29, 0.717) is 6.07 Å². The summed E-state index contributed by atoms with van der Waals surface area (Å²) in [6.45, 7) is 1.96. The Morgan fingerprint density at radius 1 is 1.35 bits per heavy atom. The van der Waals surface area contributed by atoms with E-state index in [2.05, 4.69) is 10.1 Å². The number of rotatable bonds is 3. The molecule has 1 unspecified atom stereocenters. The number of hydrogen-bond donors (Lipinski definition) is 1. The van der Waals surface area contributed by atoms with Gasteiger partial charge in [-0.15, -0.1) is 0 Å². The molecule has 20 heavy (non-hydrogen) atoms. The molecule has 2 aromatic rings. The molecule has 1 heterocycles. The van der Waals surface area contributed by atoms with E-state index < -0.39 is 17.6 Å². The van der Waals surface area contributed by atoms with Crippen LogP contribution in [0.3, 0.4) is 0 Å². The van der Waals surface area contributed by atoms with Crippen molar-refractivity contribution in [2.75, 3.05) is 6.54 Å². The normalized spacial score (nSPS) is 13.5. The molecule has 0 bridgehead atoms. The quantitative estimate of drug-likeness (QED) is 0.882. The van der Waals surface area contributed by atoms with Crippen molar-refractivity contribution >= 4 is 0 Å². The topological polar surface area (TPSA) is 64.9 Å². The van der Waals surface area contributed by atoms with Crippen LogP contribution in [0.2, 0.25) is 0 Å². The van der Waals surface area contributed by atoms with Gasteiger partial charge < -0.3 is 10.3 Å². The highest BCUT2D eigenvalue weighted by Gasteiger charge is 2.35. The lowest BCUT2D eigenvalue weighted by Gasteiger charge is -2.08. The van der Waals surface area contributed by atoms with E-state index in [4.69, 9.17) is 10.3 Å². The molecule has 0 aliphatic heterocycles. The second kappa shape index (κ2) is 5.20. The maximum atomic E-state index is 13.9. The summed E-state index contributed by atoms with van der Waals surface area (Å²) in [7, 11) is 0. The van der Waals surface area contributed by atoms with E-state index in [9.17, 15) is 17.6 Å². The van der Waals surface area contributed by atoms with Crippen LogP contribution in [0.4, 0.5) is 17.6 Å². The highest BCUT2D eigenvalue weighted by atomic mass is 19.4. The predicted molar refractivity (Wildman–Crippen MR) is 62.2 cm³/mol. The van der Waals surface area contributed by atoms with Crippen LogP contribution in [0, 0.1) is 5.82 Å². The summed E-state index contributed by atoms with van der Waals surface area (Å²) in [4.78, 5) is 3.87. The van der Waals surface area contributed by atoms with Gasteiger partial charge in [0.25, 0.3) is 5.89 Å². The lowest BCUT2D eigenvalue weighted by atomic mass is 10.1. The summed E-state index contributed by atoms with van der Waals surface area (Å²) in [5, 5.41) is 3.58. The van der Waals surface area contributed by atoms with Crippen LogP contribution in [-0.2, 0) is 6.18 Å². The fraction of sp³-hybridized carbons (Fsp3) is 0.333. The van der Waals surface area contributed by atoms with Crippen molar-refractivity contribution in [3.05, 3.63) is 35.4 Å². The summed E-state index contributed by atoms with van der Waals surface area (Å²) in [6, 6.07) is 2.88. The Balaban J connectivity index is 2.46. The Kier molecular flexibility index (Phi) is 3.76. The Bertz CT molecular complexity index is 609. The maximum absolute atomic E-state index is 13.9. The number of hydrogen-bond acceptors (Lipinski definition) is 4. The third kappa shape index (κ3) is 2.64. The molecule has 8 heteroatoms. The Hall–Kier alpha value is -1.96. The van der Waals surface area contributed by atoms with Gasteiger partial charge in [0.15, 0.2) is 5.82 Å². The van der Waals surface area contributed by atoms with Crippen molar-refractivity contribution in [3.63, 3.8) is 0 Å². The molecule has 0 amide bonds. The number of nitrogens with two attached hydrogens (primary N) is 1. The molecule has 0 saturated heterocycles. The van der Waals surface area contributed by atoms with Crippen molar-refractivity contribution in [1.29, 1.82) is 0 Å². The fourth-order valence-corrected chi connectivity index (χ4v) is 1.57. The predicted octanol–water partition coefficient (Wildman–Crippen LogP) is 2.96. The zero-order valence-electron chi connectivity index (χ0n) is 10.4. The molecule has 0 radical (unpaired) electrons. The van der Waals surface area contributed by atoms with Gasteiger partial charge in [0.1, 0.15) is 5.82 Å². The van der Waals surface area contributed by atoms with Crippen LogP contribution < -0.4 is 5.73 Å². The molecule has 108 valence electrons.